The molecule has 0 amide bonds. The van der Waals surface area contributed by atoms with Gasteiger partial charge in [0.15, 0.2) is 0 Å². The van der Waals surface area contributed by atoms with Gasteiger partial charge in [0.2, 0.25) is 0 Å². The summed E-state index contributed by atoms with van der Waals surface area (Å²) in [6.07, 6.45) is 4.91. The van der Waals surface area contributed by atoms with Crippen molar-refractivity contribution in [1.29, 1.82) is 0 Å². The van der Waals surface area contributed by atoms with Crippen LogP contribution in [0.4, 0.5) is 0 Å². The summed E-state index contributed by atoms with van der Waals surface area (Å²) in [5, 5.41) is 9.52. The average molecular weight is 170 g/mol. The van der Waals surface area contributed by atoms with Crippen molar-refractivity contribution >= 4 is 0 Å². The normalized spacial score (nSPS) is 16.1. The molecule has 0 saturated carbocycles. The van der Waals surface area contributed by atoms with Gasteiger partial charge < -0.3 is 5.11 Å². The maximum absolute atomic E-state index is 9.52. The minimum atomic E-state index is -0.128. The third-order valence-electron chi connectivity index (χ3n) is 2.29. The molecule has 0 spiro atoms. The average Bonchev–Trinajstić information content (AvgIpc) is 2.00. The van der Waals surface area contributed by atoms with Crippen LogP contribution in [0.3, 0.4) is 0 Å². The van der Waals surface area contributed by atoms with E-state index in [9.17, 15) is 5.11 Å². The maximum atomic E-state index is 9.52. The van der Waals surface area contributed by atoms with E-state index in [0.717, 1.165) is 19.3 Å². The van der Waals surface area contributed by atoms with Gasteiger partial charge in [0.1, 0.15) is 0 Å². The standard InChI is InChI=1S/C11H22O/c1-5-6-10(4)7-8-11(12)9(2)3/h5,9-12H,1,6-8H2,2-4H3/t10-,11-/m0/s1. The van der Waals surface area contributed by atoms with Gasteiger partial charge in [-0.2, -0.15) is 0 Å². The number of aliphatic hydroxyl groups is 1. The fourth-order valence-electron chi connectivity index (χ4n) is 1.19. The summed E-state index contributed by atoms with van der Waals surface area (Å²) in [5.74, 6) is 1.05. The molecule has 0 unspecified atom stereocenters. The first-order chi connectivity index (χ1) is 5.57. The predicted octanol–water partition coefficient (Wildman–Crippen LogP) is 3.00. The molecule has 0 aliphatic heterocycles. The van der Waals surface area contributed by atoms with Gasteiger partial charge in [-0.05, 0) is 31.1 Å². The Balaban J connectivity index is 3.46. The van der Waals surface area contributed by atoms with Crippen LogP contribution in [-0.2, 0) is 0 Å². The molecule has 0 aromatic carbocycles. The van der Waals surface area contributed by atoms with Gasteiger partial charge in [-0.25, -0.2) is 0 Å². The van der Waals surface area contributed by atoms with E-state index in [2.05, 4.69) is 27.4 Å². The van der Waals surface area contributed by atoms with E-state index >= 15 is 0 Å². The molecule has 1 N–H and O–H groups in total. The van der Waals surface area contributed by atoms with E-state index in [4.69, 9.17) is 0 Å². The highest BCUT2D eigenvalue weighted by molar-refractivity contribution is 4.71. The Labute approximate surface area is 76.5 Å². The fraction of sp³-hybridized carbons (Fsp3) is 0.818. The van der Waals surface area contributed by atoms with Crippen LogP contribution in [0, 0.1) is 11.8 Å². The number of aliphatic hydroxyl groups excluding tert-OH is 1. The molecule has 0 saturated heterocycles. The van der Waals surface area contributed by atoms with E-state index in [0.29, 0.717) is 11.8 Å². The molecule has 72 valence electrons. The molecule has 1 heteroatoms. The topological polar surface area (TPSA) is 20.2 Å². The van der Waals surface area contributed by atoms with Gasteiger partial charge in [-0.3, -0.25) is 0 Å². The van der Waals surface area contributed by atoms with Crippen LogP contribution < -0.4 is 0 Å². The maximum Gasteiger partial charge on any atom is 0.0563 e. The zero-order chi connectivity index (χ0) is 9.56. The lowest BCUT2D eigenvalue weighted by Gasteiger charge is -2.16. The van der Waals surface area contributed by atoms with E-state index in [1.54, 1.807) is 0 Å². The van der Waals surface area contributed by atoms with Crippen LogP contribution in [0.15, 0.2) is 12.7 Å². The highest BCUT2D eigenvalue weighted by Crippen LogP contribution is 2.15. The lowest BCUT2D eigenvalue weighted by atomic mass is 9.95. The lowest BCUT2D eigenvalue weighted by molar-refractivity contribution is 0.109. The Kier molecular flexibility index (Phi) is 6.09. The largest absolute Gasteiger partial charge is 0.393 e. The fourth-order valence-corrected chi connectivity index (χ4v) is 1.19. The molecule has 0 heterocycles. The quantitative estimate of drug-likeness (QED) is 0.608. The number of rotatable bonds is 6. The number of hydrogen-bond donors (Lipinski definition) is 1. The van der Waals surface area contributed by atoms with E-state index in [-0.39, 0.29) is 6.10 Å². The first-order valence-electron chi connectivity index (χ1n) is 4.86. The third kappa shape index (κ3) is 5.36. The smallest absolute Gasteiger partial charge is 0.0563 e. The van der Waals surface area contributed by atoms with Crippen molar-refractivity contribution in [2.24, 2.45) is 11.8 Å². The molecule has 12 heavy (non-hydrogen) atoms. The molecular formula is C11H22O. The zero-order valence-corrected chi connectivity index (χ0v) is 8.59. The number of allylic oxidation sites excluding steroid dienone is 1. The molecule has 0 aromatic heterocycles. The van der Waals surface area contributed by atoms with Crippen LogP contribution in [0.25, 0.3) is 0 Å². The monoisotopic (exact) mass is 170 g/mol. The van der Waals surface area contributed by atoms with Crippen molar-refractivity contribution in [3.8, 4) is 0 Å². The molecule has 0 bridgehead atoms. The first kappa shape index (κ1) is 11.7. The Morgan fingerprint density at radius 2 is 1.83 bits per heavy atom. The van der Waals surface area contributed by atoms with Gasteiger partial charge >= 0.3 is 0 Å². The molecule has 1 nitrogen and oxygen atoms in total. The van der Waals surface area contributed by atoms with Crippen molar-refractivity contribution in [3.05, 3.63) is 12.7 Å². The summed E-state index contributed by atoms with van der Waals surface area (Å²) >= 11 is 0. The second-order valence-electron chi connectivity index (χ2n) is 4.02. The Morgan fingerprint density at radius 1 is 1.25 bits per heavy atom. The molecule has 0 aromatic rings. The van der Waals surface area contributed by atoms with Crippen molar-refractivity contribution in [2.75, 3.05) is 0 Å². The van der Waals surface area contributed by atoms with Crippen LogP contribution in [0.5, 0.6) is 0 Å². The van der Waals surface area contributed by atoms with Crippen molar-refractivity contribution in [1.82, 2.24) is 0 Å². The molecule has 0 radical (unpaired) electrons. The summed E-state index contributed by atoms with van der Waals surface area (Å²) < 4.78 is 0. The Bertz CT molecular complexity index is 118. The SMILES string of the molecule is C=CC[C@H](C)CC[C@H](O)C(C)C. The summed E-state index contributed by atoms with van der Waals surface area (Å²) in [5.41, 5.74) is 0. The predicted molar refractivity (Wildman–Crippen MR) is 54.1 cm³/mol. The van der Waals surface area contributed by atoms with Gasteiger partial charge in [0, 0.05) is 0 Å². The molecule has 0 rings (SSSR count). The summed E-state index contributed by atoms with van der Waals surface area (Å²) in [4.78, 5) is 0. The van der Waals surface area contributed by atoms with E-state index in [1.165, 1.54) is 0 Å². The highest BCUT2D eigenvalue weighted by Gasteiger charge is 2.10. The summed E-state index contributed by atoms with van der Waals surface area (Å²) in [6.45, 7) is 10.0. The van der Waals surface area contributed by atoms with Crippen LogP contribution in [0.2, 0.25) is 0 Å². The van der Waals surface area contributed by atoms with Crippen LogP contribution in [-0.4, -0.2) is 11.2 Å². The lowest BCUT2D eigenvalue weighted by Crippen LogP contribution is -2.15. The second kappa shape index (κ2) is 6.24. The van der Waals surface area contributed by atoms with Gasteiger partial charge in [0.05, 0.1) is 6.10 Å². The zero-order valence-electron chi connectivity index (χ0n) is 8.59. The van der Waals surface area contributed by atoms with Gasteiger partial charge in [-0.1, -0.05) is 26.8 Å². The van der Waals surface area contributed by atoms with Crippen molar-refractivity contribution in [3.63, 3.8) is 0 Å². The van der Waals surface area contributed by atoms with Gasteiger partial charge in [-0.15, -0.1) is 6.58 Å². The van der Waals surface area contributed by atoms with Crippen LogP contribution in [0.1, 0.15) is 40.0 Å². The number of hydrogen-bond acceptors (Lipinski definition) is 1. The highest BCUT2D eigenvalue weighted by atomic mass is 16.3. The molecular weight excluding hydrogens is 148 g/mol. The molecule has 0 aliphatic rings. The van der Waals surface area contributed by atoms with Crippen molar-refractivity contribution in [2.45, 2.75) is 46.1 Å². The second-order valence-corrected chi connectivity index (χ2v) is 4.02. The van der Waals surface area contributed by atoms with Crippen LogP contribution >= 0.6 is 0 Å². The summed E-state index contributed by atoms with van der Waals surface area (Å²) in [6, 6.07) is 0. The molecule has 2 atom stereocenters. The first-order valence-corrected chi connectivity index (χ1v) is 4.86. The molecule has 0 aliphatic carbocycles. The minimum absolute atomic E-state index is 0.128. The van der Waals surface area contributed by atoms with Crippen molar-refractivity contribution < 1.29 is 5.11 Å². The Hall–Kier alpha value is -0.300. The van der Waals surface area contributed by atoms with E-state index < -0.39 is 0 Å². The molecule has 0 fully saturated rings. The summed E-state index contributed by atoms with van der Waals surface area (Å²) in [7, 11) is 0. The minimum Gasteiger partial charge on any atom is -0.393 e. The van der Waals surface area contributed by atoms with Gasteiger partial charge in [0.25, 0.3) is 0 Å². The van der Waals surface area contributed by atoms with E-state index in [1.807, 2.05) is 6.08 Å². The third-order valence-corrected chi connectivity index (χ3v) is 2.29. The Morgan fingerprint density at radius 3 is 2.25 bits per heavy atom.